The molecule has 4 aromatic rings. The number of benzene rings is 2. The van der Waals surface area contributed by atoms with Crippen molar-refractivity contribution in [1.82, 2.24) is 25.1 Å². The van der Waals surface area contributed by atoms with Gasteiger partial charge in [-0.3, -0.25) is 4.79 Å². The molecule has 2 heterocycles. The highest BCUT2D eigenvalue weighted by Gasteiger charge is 2.09. The normalized spacial score (nSPS) is 11.1. The maximum Gasteiger partial charge on any atom is 0.244 e. The molecule has 1 amide bonds. The van der Waals surface area contributed by atoms with E-state index in [4.69, 9.17) is 0 Å². The van der Waals surface area contributed by atoms with Gasteiger partial charge in [0.15, 0.2) is 5.65 Å². The molecule has 7 nitrogen and oxygen atoms in total. The standard InChI is InChI=1S/C24H24N6O/c31-22(12-11-19-7-3-1-4-8-19)25-15-16-30-24-21(17-29-30)23(27-18-28-24)26-14-13-20-9-5-2-6-10-20/h1-12,17-18H,13-16H2,(H,25,31)(H,26,27,28)/b12-11+. The molecule has 0 unspecified atom stereocenters. The molecule has 0 bridgehead atoms. The van der Waals surface area contributed by atoms with E-state index < -0.39 is 0 Å². The van der Waals surface area contributed by atoms with Crippen LogP contribution in [-0.4, -0.2) is 38.7 Å². The zero-order valence-corrected chi connectivity index (χ0v) is 17.1. The van der Waals surface area contributed by atoms with E-state index in [0.717, 1.165) is 35.4 Å². The zero-order chi connectivity index (χ0) is 21.3. The number of rotatable bonds is 9. The van der Waals surface area contributed by atoms with Gasteiger partial charge < -0.3 is 10.6 Å². The Hall–Kier alpha value is -4.00. The molecule has 156 valence electrons. The van der Waals surface area contributed by atoms with Crippen molar-refractivity contribution in [1.29, 1.82) is 0 Å². The van der Waals surface area contributed by atoms with Crippen LogP contribution in [0, 0.1) is 0 Å². The predicted molar refractivity (Wildman–Crippen MR) is 122 cm³/mol. The van der Waals surface area contributed by atoms with Gasteiger partial charge in [0.25, 0.3) is 0 Å². The minimum absolute atomic E-state index is 0.141. The number of amides is 1. The number of carbonyl (C=O) groups is 1. The molecule has 0 radical (unpaired) electrons. The highest BCUT2D eigenvalue weighted by Crippen LogP contribution is 2.18. The molecule has 4 rings (SSSR count). The molecule has 0 saturated carbocycles. The molecular weight excluding hydrogens is 388 g/mol. The smallest absolute Gasteiger partial charge is 0.244 e. The molecule has 0 aliphatic rings. The minimum atomic E-state index is -0.141. The molecule has 0 aliphatic carbocycles. The summed E-state index contributed by atoms with van der Waals surface area (Å²) in [5, 5.41) is 11.5. The third-order valence-electron chi connectivity index (χ3n) is 4.83. The van der Waals surface area contributed by atoms with Gasteiger partial charge >= 0.3 is 0 Å². The molecule has 2 aromatic heterocycles. The van der Waals surface area contributed by atoms with Crippen LogP contribution in [0.1, 0.15) is 11.1 Å². The maximum atomic E-state index is 12.0. The van der Waals surface area contributed by atoms with Crippen LogP contribution < -0.4 is 10.6 Å². The van der Waals surface area contributed by atoms with E-state index in [1.807, 2.05) is 48.5 Å². The maximum absolute atomic E-state index is 12.0. The quantitative estimate of drug-likeness (QED) is 0.412. The van der Waals surface area contributed by atoms with Crippen LogP contribution in [0.2, 0.25) is 0 Å². The lowest BCUT2D eigenvalue weighted by Crippen LogP contribution is -2.25. The first-order valence-corrected chi connectivity index (χ1v) is 10.2. The second-order valence-electron chi connectivity index (χ2n) is 7.02. The lowest BCUT2D eigenvalue weighted by Gasteiger charge is -2.07. The van der Waals surface area contributed by atoms with Gasteiger partial charge in [-0.1, -0.05) is 60.7 Å². The van der Waals surface area contributed by atoms with Crippen molar-refractivity contribution in [3.05, 3.63) is 90.4 Å². The molecule has 0 aliphatic heterocycles. The molecule has 31 heavy (non-hydrogen) atoms. The third kappa shape index (κ3) is 5.54. The Morgan fingerprint density at radius 2 is 1.74 bits per heavy atom. The highest BCUT2D eigenvalue weighted by molar-refractivity contribution is 5.91. The summed E-state index contributed by atoms with van der Waals surface area (Å²) in [4.78, 5) is 20.8. The molecule has 2 aromatic carbocycles. The zero-order valence-electron chi connectivity index (χ0n) is 17.1. The fourth-order valence-corrected chi connectivity index (χ4v) is 3.25. The summed E-state index contributed by atoms with van der Waals surface area (Å²) in [5.74, 6) is 0.625. The van der Waals surface area contributed by atoms with Crippen LogP contribution >= 0.6 is 0 Å². The Morgan fingerprint density at radius 1 is 0.968 bits per heavy atom. The largest absolute Gasteiger partial charge is 0.369 e. The molecule has 0 spiro atoms. The van der Waals surface area contributed by atoms with Gasteiger partial charge in [-0.15, -0.1) is 0 Å². The van der Waals surface area contributed by atoms with Crippen molar-refractivity contribution in [2.24, 2.45) is 0 Å². The van der Waals surface area contributed by atoms with Crippen molar-refractivity contribution in [3.63, 3.8) is 0 Å². The van der Waals surface area contributed by atoms with Crippen LogP contribution in [0.4, 0.5) is 5.82 Å². The van der Waals surface area contributed by atoms with Gasteiger partial charge in [0.05, 0.1) is 18.1 Å². The van der Waals surface area contributed by atoms with Crippen molar-refractivity contribution in [2.45, 2.75) is 13.0 Å². The second kappa shape index (κ2) is 10.2. The van der Waals surface area contributed by atoms with E-state index in [1.165, 1.54) is 18.0 Å². The Morgan fingerprint density at radius 3 is 2.55 bits per heavy atom. The van der Waals surface area contributed by atoms with E-state index in [2.05, 4.69) is 37.8 Å². The van der Waals surface area contributed by atoms with Crippen molar-refractivity contribution in [2.75, 3.05) is 18.4 Å². The van der Waals surface area contributed by atoms with Crippen LogP contribution in [-0.2, 0) is 17.8 Å². The second-order valence-corrected chi connectivity index (χ2v) is 7.02. The van der Waals surface area contributed by atoms with E-state index in [9.17, 15) is 4.79 Å². The van der Waals surface area contributed by atoms with Gasteiger partial charge in [0.1, 0.15) is 12.1 Å². The molecule has 7 heteroatoms. The van der Waals surface area contributed by atoms with Gasteiger partial charge in [0, 0.05) is 19.2 Å². The fraction of sp³-hybridized carbons (Fsp3) is 0.167. The molecular formula is C24H24N6O. The minimum Gasteiger partial charge on any atom is -0.369 e. The topological polar surface area (TPSA) is 84.7 Å². The Balaban J connectivity index is 1.31. The van der Waals surface area contributed by atoms with Gasteiger partial charge in [-0.05, 0) is 23.6 Å². The third-order valence-corrected chi connectivity index (χ3v) is 4.83. The number of aromatic nitrogens is 4. The highest BCUT2D eigenvalue weighted by atomic mass is 16.1. The number of hydrogen-bond acceptors (Lipinski definition) is 5. The number of nitrogens with zero attached hydrogens (tertiary/aromatic N) is 4. The van der Waals surface area contributed by atoms with E-state index in [-0.39, 0.29) is 5.91 Å². The van der Waals surface area contributed by atoms with Crippen molar-refractivity contribution >= 4 is 28.8 Å². The summed E-state index contributed by atoms with van der Waals surface area (Å²) in [6.45, 7) is 1.75. The Labute approximate surface area is 180 Å². The van der Waals surface area contributed by atoms with Crippen LogP contribution in [0.25, 0.3) is 17.1 Å². The lowest BCUT2D eigenvalue weighted by atomic mass is 10.1. The average Bonchev–Trinajstić information content (AvgIpc) is 3.23. The first-order chi connectivity index (χ1) is 15.3. The molecule has 0 fully saturated rings. The number of carbonyl (C=O) groups excluding carboxylic acids is 1. The van der Waals surface area contributed by atoms with Gasteiger partial charge in [0.2, 0.25) is 5.91 Å². The fourth-order valence-electron chi connectivity index (χ4n) is 3.25. The molecule has 2 N–H and O–H groups in total. The molecule has 0 atom stereocenters. The van der Waals surface area contributed by atoms with Crippen LogP contribution in [0.5, 0.6) is 0 Å². The summed E-state index contributed by atoms with van der Waals surface area (Å²) < 4.78 is 1.78. The summed E-state index contributed by atoms with van der Waals surface area (Å²) in [6.07, 6.45) is 7.53. The van der Waals surface area contributed by atoms with Gasteiger partial charge in [-0.25, -0.2) is 14.6 Å². The van der Waals surface area contributed by atoms with E-state index >= 15 is 0 Å². The van der Waals surface area contributed by atoms with E-state index in [0.29, 0.717) is 13.1 Å². The summed E-state index contributed by atoms with van der Waals surface area (Å²) in [7, 11) is 0. The number of nitrogens with one attached hydrogen (secondary N) is 2. The summed E-state index contributed by atoms with van der Waals surface area (Å²) >= 11 is 0. The van der Waals surface area contributed by atoms with Crippen LogP contribution in [0.15, 0.2) is 79.3 Å². The SMILES string of the molecule is O=C(/C=C/c1ccccc1)NCCn1ncc2c(NCCc3ccccc3)ncnc21. The number of fused-ring (bicyclic) bond motifs is 1. The number of anilines is 1. The first kappa shape index (κ1) is 20.3. The average molecular weight is 412 g/mol. The molecule has 0 saturated heterocycles. The van der Waals surface area contributed by atoms with Crippen molar-refractivity contribution < 1.29 is 4.79 Å². The number of hydrogen-bond donors (Lipinski definition) is 2. The summed E-state index contributed by atoms with van der Waals surface area (Å²) in [6, 6.07) is 20.0. The van der Waals surface area contributed by atoms with Crippen molar-refractivity contribution in [3.8, 4) is 0 Å². The predicted octanol–water partition coefficient (Wildman–Crippen LogP) is 3.31. The van der Waals surface area contributed by atoms with E-state index in [1.54, 1.807) is 17.0 Å². The lowest BCUT2D eigenvalue weighted by molar-refractivity contribution is -0.116. The Bertz CT molecular complexity index is 1150. The summed E-state index contributed by atoms with van der Waals surface area (Å²) in [5.41, 5.74) is 3.00. The monoisotopic (exact) mass is 412 g/mol. The Kier molecular flexibility index (Phi) is 6.64. The first-order valence-electron chi connectivity index (χ1n) is 10.2. The van der Waals surface area contributed by atoms with Crippen LogP contribution in [0.3, 0.4) is 0 Å². The van der Waals surface area contributed by atoms with Gasteiger partial charge in [-0.2, -0.15) is 5.10 Å².